The van der Waals surface area contributed by atoms with E-state index in [2.05, 4.69) is 15.3 Å². The van der Waals surface area contributed by atoms with Crippen LogP contribution in [-0.4, -0.2) is 15.9 Å². The van der Waals surface area contributed by atoms with Crippen LogP contribution in [0.15, 0.2) is 47.0 Å². The van der Waals surface area contributed by atoms with Crippen LogP contribution in [0.5, 0.6) is 0 Å². The Morgan fingerprint density at radius 1 is 1.09 bits per heavy atom. The Balaban J connectivity index is 1.79. The maximum atomic E-state index is 12.3. The highest BCUT2D eigenvalue weighted by Crippen LogP contribution is 2.23. The molecule has 116 valence electrons. The second-order valence-electron chi connectivity index (χ2n) is 5.34. The van der Waals surface area contributed by atoms with Gasteiger partial charge in [-0.25, -0.2) is 9.97 Å². The molecule has 0 radical (unpaired) electrons. The molecule has 1 aromatic carbocycles. The first-order chi connectivity index (χ1) is 11.0. The summed E-state index contributed by atoms with van der Waals surface area (Å²) in [6.45, 7) is 5.57. The number of rotatable bonds is 3. The second-order valence-corrected chi connectivity index (χ2v) is 5.34. The lowest BCUT2D eigenvalue weighted by Gasteiger charge is -2.07. The smallest absolute Gasteiger partial charge is 0.257 e. The normalized spacial score (nSPS) is 10.6. The molecule has 0 spiro atoms. The lowest BCUT2D eigenvalue weighted by molar-refractivity contribution is 0.102. The zero-order chi connectivity index (χ0) is 16.4. The average molecular weight is 307 g/mol. The zero-order valence-corrected chi connectivity index (χ0v) is 13.3. The van der Waals surface area contributed by atoms with Crippen LogP contribution in [0.2, 0.25) is 0 Å². The van der Waals surface area contributed by atoms with Crippen LogP contribution in [0.1, 0.15) is 27.6 Å². The molecule has 2 heterocycles. The molecule has 0 saturated heterocycles. The second kappa shape index (κ2) is 6.04. The van der Waals surface area contributed by atoms with Crippen molar-refractivity contribution < 1.29 is 9.21 Å². The number of nitrogens with zero attached hydrogens (tertiary/aromatic N) is 2. The van der Waals surface area contributed by atoms with E-state index < -0.39 is 0 Å². The molecule has 0 saturated carbocycles. The van der Waals surface area contributed by atoms with E-state index in [1.807, 2.05) is 38.1 Å². The molecule has 0 aliphatic rings. The van der Waals surface area contributed by atoms with Gasteiger partial charge in [0.2, 0.25) is 0 Å². The molecular weight excluding hydrogens is 290 g/mol. The van der Waals surface area contributed by atoms with Gasteiger partial charge < -0.3 is 9.73 Å². The summed E-state index contributed by atoms with van der Waals surface area (Å²) in [7, 11) is 0. The molecule has 5 heteroatoms. The van der Waals surface area contributed by atoms with Gasteiger partial charge in [0, 0.05) is 24.2 Å². The molecule has 0 bridgehead atoms. The van der Waals surface area contributed by atoms with Gasteiger partial charge in [0.25, 0.3) is 5.91 Å². The van der Waals surface area contributed by atoms with Gasteiger partial charge in [0.05, 0.1) is 0 Å². The molecule has 0 unspecified atom stereocenters. The topological polar surface area (TPSA) is 68.0 Å². The SMILES string of the molecule is Cc1nc(-c2ccc(NC(=O)c3ccccc3C)nc2)c(C)o1. The van der Waals surface area contributed by atoms with Crippen molar-refractivity contribution in [3.05, 3.63) is 65.4 Å². The van der Waals surface area contributed by atoms with Crippen LogP contribution in [-0.2, 0) is 0 Å². The first-order valence-electron chi connectivity index (χ1n) is 7.32. The number of aromatic nitrogens is 2. The third kappa shape index (κ3) is 3.13. The van der Waals surface area contributed by atoms with E-state index in [-0.39, 0.29) is 5.91 Å². The highest BCUT2D eigenvalue weighted by atomic mass is 16.4. The maximum absolute atomic E-state index is 12.3. The van der Waals surface area contributed by atoms with Gasteiger partial charge in [0.15, 0.2) is 5.89 Å². The van der Waals surface area contributed by atoms with Crippen LogP contribution in [0, 0.1) is 20.8 Å². The zero-order valence-electron chi connectivity index (χ0n) is 13.3. The third-order valence-corrected chi connectivity index (χ3v) is 3.57. The molecule has 0 fully saturated rings. The highest BCUT2D eigenvalue weighted by molar-refractivity contribution is 6.04. The van der Waals surface area contributed by atoms with Crippen molar-refractivity contribution in [2.75, 3.05) is 5.32 Å². The molecule has 1 amide bonds. The molecular formula is C18H17N3O2. The van der Waals surface area contributed by atoms with Crippen LogP contribution < -0.4 is 5.32 Å². The quantitative estimate of drug-likeness (QED) is 0.796. The minimum Gasteiger partial charge on any atom is -0.446 e. The van der Waals surface area contributed by atoms with Crippen LogP contribution in [0.25, 0.3) is 11.3 Å². The number of nitrogens with one attached hydrogen (secondary N) is 1. The van der Waals surface area contributed by atoms with Gasteiger partial charge in [-0.3, -0.25) is 4.79 Å². The molecule has 23 heavy (non-hydrogen) atoms. The number of oxazole rings is 1. The van der Waals surface area contributed by atoms with Crippen molar-refractivity contribution in [1.29, 1.82) is 0 Å². The number of carbonyl (C=O) groups excluding carboxylic acids is 1. The maximum Gasteiger partial charge on any atom is 0.257 e. The number of pyridine rings is 1. The molecule has 3 aromatic rings. The fourth-order valence-electron chi connectivity index (χ4n) is 2.42. The molecule has 3 rings (SSSR count). The molecule has 1 N–H and O–H groups in total. The molecule has 2 aromatic heterocycles. The third-order valence-electron chi connectivity index (χ3n) is 3.57. The monoisotopic (exact) mass is 307 g/mol. The van der Waals surface area contributed by atoms with Crippen molar-refractivity contribution in [1.82, 2.24) is 9.97 Å². The summed E-state index contributed by atoms with van der Waals surface area (Å²) in [6.07, 6.45) is 1.68. The van der Waals surface area contributed by atoms with E-state index in [9.17, 15) is 4.79 Å². The van der Waals surface area contributed by atoms with E-state index in [1.165, 1.54) is 0 Å². The number of hydrogen-bond acceptors (Lipinski definition) is 4. The first kappa shape index (κ1) is 15.0. The Morgan fingerprint density at radius 2 is 1.87 bits per heavy atom. The van der Waals surface area contributed by atoms with E-state index in [0.29, 0.717) is 17.3 Å². The Hall–Kier alpha value is -2.95. The minimum absolute atomic E-state index is 0.170. The van der Waals surface area contributed by atoms with Crippen LogP contribution in [0.4, 0.5) is 5.82 Å². The van der Waals surface area contributed by atoms with Crippen molar-refractivity contribution in [3.63, 3.8) is 0 Å². The highest BCUT2D eigenvalue weighted by Gasteiger charge is 2.12. The van der Waals surface area contributed by atoms with E-state index in [1.54, 1.807) is 25.3 Å². The van der Waals surface area contributed by atoms with Gasteiger partial charge in [-0.15, -0.1) is 0 Å². The largest absolute Gasteiger partial charge is 0.446 e. The summed E-state index contributed by atoms with van der Waals surface area (Å²) >= 11 is 0. The van der Waals surface area contributed by atoms with Crippen LogP contribution in [0.3, 0.4) is 0 Å². The number of anilines is 1. The number of carbonyl (C=O) groups is 1. The van der Waals surface area contributed by atoms with Gasteiger partial charge in [-0.05, 0) is 37.6 Å². The predicted molar refractivity (Wildman–Crippen MR) is 88.3 cm³/mol. The standard InChI is InChI=1S/C18H17N3O2/c1-11-6-4-5-7-15(11)18(22)21-16-9-8-14(10-19-16)17-12(2)23-13(3)20-17/h4-10H,1-3H3,(H,19,21,22). The fraction of sp³-hybridized carbons (Fsp3) is 0.167. The molecule has 0 aliphatic heterocycles. The summed E-state index contributed by atoms with van der Waals surface area (Å²) in [5.74, 6) is 1.70. The lowest BCUT2D eigenvalue weighted by atomic mass is 10.1. The molecule has 0 aliphatic carbocycles. The predicted octanol–water partition coefficient (Wildman–Crippen LogP) is 3.91. The van der Waals surface area contributed by atoms with Crippen molar-refractivity contribution in [2.45, 2.75) is 20.8 Å². The Morgan fingerprint density at radius 3 is 2.48 bits per heavy atom. The number of benzene rings is 1. The van der Waals surface area contributed by atoms with E-state index in [0.717, 1.165) is 22.6 Å². The average Bonchev–Trinajstić information content (AvgIpc) is 2.87. The molecule has 5 nitrogen and oxygen atoms in total. The van der Waals surface area contributed by atoms with Gasteiger partial charge >= 0.3 is 0 Å². The van der Waals surface area contributed by atoms with Crippen molar-refractivity contribution >= 4 is 11.7 Å². The van der Waals surface area contributed by atoms with Gasteiger partial charge in [0.1, 0.15) is 17.3 Å². The van der Waals surface area contributed by atoms with Crippen molar-refractivity contribution in [3.8, 4) is 11.3 Å². The van der Waals surface area contributed by atoms with E-state index >= 15 is 0 Å². The first-order valence-corrected chi connectivity index (χ1v) is 7.32. The summed E-state index contributed by atoms with van der Waals surface area (Å²) in [5.41, 5.74) is 3.19. The minimum atomic E-state index is -0.170. The summed E-state index contributed by atoms with van der Waals surface area (Å²) in [5, 5.41) is 2.80. The summed E-state index contributed by atoms with van der Waals surface area (Å²) < 4.78 is 5.43. The Bertz CT molecular complexity index is 851. The van der Waals surface area contributed by atoms with Crippen molar-refractivity contribution in [2.24, 2.45) is 0 Å². The number of aryl methyl sites for hydroxylation is 3. The number of amides is 1. The van der Waals surface area contributed by atoms with Gasteiger partial charge in [-0.1, -0.05) is 18.2 Å². The number of hydrogen-bond donors (Lipinski definition) is 1. The Labute approximate surface area is 134 Å². The summed E-state index contributed by atoms with van der Waals surface area (Å²) in [4.78, 5) is 20.9. The molecule has 0 atom stereocenters. The van der Waals surface area contributed by atoms with Crippen LogP contribution >= 0.6 is 0 Å². The Kier molecular flexibility index (Phi) is 3.93. The summed E-state index contributed by atoms with van der Waals surface area (Å²) in [6, 6.07) is 11.1. The van der Waals surface area contributed by atoms with E-state index in [4.69, 9.17) is 4.42 Å². The lowest BCUT2D eigenvalue weighted by Crippen LogP contribution is -2.14. The fourth-order valence-corrected chi connectivity index (χ4v) is 2.42. The van der Waals surface area contributed by atoms with Gasteiger partial charge in [-0.2, -0.15) is 0 Å².